The van der Waals surface area contributed by atoms with Gasteiger partial charge in [0.15, 0.2) is 0 Å². The van der Waals surface area contributed by atoms with Crippen molar-refractivity contribution in [3.8, 4) is 0 Å². The second-order valence-corrected chi connectivity index (χ2v) is 7.22. The van der Waals surface area contributed by atoms with Gasteiger partial charge in [-0.2, -0.15) is 57.1 Å². The Bertz CT molecular complexity index is 814. The molecule has 1 aliphatic rings. The van der Waals surface area contributed by atoms with Gasteiger partial charge >= 0.3 is 35.8 Å². The molecule has 0 aromatic heterocycles. The molecular formula is C17H13F13O. The van der Waals surface area contributed by atoms with Crippen molar-refractivity contribution in [3.05, 3.63) is 35.4 Å². The molecule has 1 aromatic carbocycles. The lowest BCUT2D eigenvalue weighted by molar-refractivity contribution is -0.441. The Hall–Kier alpha value is -1.73. The molecule has 0 fully saturated rings. The summed E-state index contributed by atoms with van der Waals surface area (Å²) in [5.74, 6) is -37.3. The molecule has 178 valence electrons. The van der Waals surface area contributed by atoms with Crippen LogP contribution in [0, 0.1) is 0 Å². The van der Waals surface area contributed by atoms with Gasteiger partial charge in [0.25, 0.3) is 0 Å². The van der Waals surface area contributed by atoms with Gasteiger partial charge in [-0.25, -0.2) is 0 Å². The fraction of sp³-hybridized carbons (Fsp3) is 0.647. The van der Waals surface area contributed by atoms with Crippen LogP contribution in [0.4, 0.5) is 57.1 Å². The van der Waals surface area contributed by atoms with Gasteiger partial charge in [0, 0.05) is 0 Å². The van der Waals surface area contributed by atoms with Crippen molar-refractivity contribution < 1.29 is 62.2 Å². The molecule has 0 aliphatic heterocycles. The Morgan fingerprint density at radius 2 is 1.19 bits per heavy atom. The molecule has 31 heavy (non-hydrogen) atoms. The molecular weight excluding hydrogens is 467 g/mol. The summed E-state index contributed by atoms with van der Waals surface area (Å²) in [5.41, 5.74) is -3.22. The topological polar surface area (TPSA) is 20.2 Å². The van der Waals surface area contributed by atoms with Crippen LogP contribution in [-0.4, -0.2) is 40.9 Å². The summed E-state index contributed by atoms with van der Waals surface area (Å²) in [6.07, 6.45) is -10.8. The summed E-state index contributed by atoms with van der Waals surface area (Å²) < 4.78 is 172. The molecule has 14 heteroatoms. The number of rotatable bonds is 6. The van der Waals surface area contributed by atoms with Crippen LogP contribution in [0.5, 0.6) is 0 Å². The lowest BCUT2D eigenvalue weighted by Crippen LogP contribution is -2.70. The number of alkyl halides is 13. The van der Waals surface area contributed by atoms with Crippen LogP contribution >= 0.6 is 0 Å². The van der Waals surface area contributed by atoms with Crippen LogP contribution in [0.2, 0.25) is 0 Å². The molecule has 1 aliphatic carbocycles. The van der Waals surface area contributed by atoms with Gasteiger partial charge in [0.05, 0.1) is 12.0 Å². The van der Waals surface area contributed by atoms with E-state index >= 15 is 0 Å². The largest absolute Gasteiger partial charge is 0.460 e. The summed E-state index contributed by atoms with van der Waals surface area (Å²) >= 11 is 0. The fourth-order valence-corrected chi connectivity index (χ4v) is 3.36. The third-order valence-corrected chi connectivity index (χ3v) is 5.07. The number of fused-ring (bicyclic) bond motifs is 1. The highest BCUT2D eigenvalue weighted by Crippen LogP contribution is 2.61. The minimum atomic E-state index is -7.95. The Balaban J connectivity index is 2.50. The average molecular weight is 480 g/mol. The third kappa shape index (κ3) is 3.63. The molecule has 0 saturated heterocycles. The smallest absolute Gasteiger partial charge is 0.385 e. The van der Waals surface area contributed by atoms with E-state index in [1.807, 2.05) is 0 Å². The molecule has 1 atom stereocenters. The van der Waals surface area contributed by atoms with E-state index in [9.17, 15) is 62.2 Å². The summed E-state index contributed by atoms with van der Waals surface area (Å²) in [5, 5.41) is 10.4. The first-order valence-corrected chi connectivity index (χ1v) is 8.42. The van der Waals surface area contributed by atoms with Crippen molar-refractivity contribution >= 4 is 0 Å². The van der Waals surface area contributed by atoms with E-state index in [0.717, 1.165) is 12.1 Å². The number of hydrogen-bond acceptors (Lipinski definition) is 1. The van der Waals surface area contributed by atoms with E-state index in [1.54, 1.807) is 0 Å². The molecule has 0 heterocycles. The van der Waals surface area contributed by atoms with Crippen molar-refractivity contribution in [2.24, 2.45) is 0 Å². The standard InChI is InChI=1S/C17H13F13O/c18-12(19,8-11(31)7-3-5-9-4-1-2-6-10(9)11)13(20,21)14(22,23)15(24,25)16(26,27)17(28,29)30/h1-2,4,6,31H,3,5,7-8H2. The van der Waals surface area contributed by atoms with Crippen molar-refractivity contribution in [2.45, 2.75) is 67.1 Å². The Morgan fingerprint density at radius 3 is 1.71 bits per heavy atom. The summed E-state index contributed by atoms with van der Waals surface area (Å²) in [7, 11) is 0. The van der Waals surface area contributed by atoms with Crippen molar-refractivity contribution in [2.75, 3.05) is 0 Å². The lowest BCUT2D eigenvalue weighted by atomic mass is 9.74. The number of aliphatic hydroxyl groups is 1. The second kappa shape index (κ2) is 7.14. The Kier molecular flexibility index (Phi) is 5.88. The fourth-order valence-electron chi connectivity index (χ4n) is 3.36. The van der Waals surface area contributed by atoms with Gasteiger partial charge in [-0.1, -0.05) is 24.3 Å². The first-order chi connectivity index (χ1) is 13.7. The first kappa shape index (κ1) is 25.5. The minimum Gasteiger partial charge on any atom is -0.385 e. The van der Waals surface area contributed by atoms with Gasteiger partial charge in [-0.05, 0) is 30.4 Å². The second-order valence-electron chi connectivity index (χ2n) is 7.22. The maximum atomic E-state index is 14.2. The van der Waals surface area contributed by atoms with Crippen LogP contribution in [-0.2, 0) is 12.0 Å². The molecule has 1 unspecified atom stereocenters. The van der Waals surface area contributed by atoms with E-state index in [4.69, 9.17) is 0 Å². The quantitative estimate of drug-likeness (QED) is 0.472. The summed E-state index contributed by atoms with van der Waals surface area (Å²) in [6, 6.07) is 4.79. The minimum absolute atomic E-state index is 0.117. The highest BCUT2D eigenvalue weighted by Gasteiger charge is 2.90. The van der Waals surface area contributed by atoms with E-state index < -0.39 is 59.8 Å². The molecule has 0 saturated carbocycles. The van der Waals surface area contributed by atoms with Crippen molar-refractivity contribution in [1.29, 1.82) is 0 Å². The lowest BCUT2D eigenvalue weighted by Gasteiger charge is -2.43. The van der Waals surface area contributed by atoms with E-state index in [-0.39, 0.29) is 18.4 Å². The van der Waals surface area contributed by atoms with Crippen LogP contribution in [0.15, 0.2) is 24.3 Å². The number of hydrogen-bond donors (Lipinski definition) is 1. The number of benzene rings is 1. The van der Waals surface area contributed by atoms with Gasteiger partial charge in [0.2, 0.25) is 0 Å². The maximum Gasteiger partial charge on any atom is 0.460 e. The normalized spacial score (nSPS) is 21.7. The zero-order chi connectivity index (χ0) is 24.3. The van der Waals surface area contributed by atoms with Gasteiger partial charge in [-0.15, -0.1) is 0 Å². The Labute approximate surface area is 165 Å². The van der Waals surface area contributed by atoms with Crippen LogP contribution in [0.25, 0.3) is 0 Å². The molecule has 1 aromatic rings. The molecule has 1 N–H and O–H groups in total. The zero-order valence-electron chi connectivity index (χ0n) is 15.0. The molecule has 1 nitrogen and oxygen atoms in total. The SMILES string of the molecule is OC1(CC(F)(F)C(F)(F)C(F)(F)C(F)(F)C(F)(F)C(F)(F)F)CCCc2ccccc21. The van der Waals surface area contributed by atoms with Gasteiger partial charge in [-0.3, -0.25) is 0 Å². The zero-order valence-corrected chi connectivity index (χ0v) is 15.0. The summed E-state index contributed by atoms with van der Waals surface area (Å²) in [4.78, 5) is 0. The van der Waals surface area contributed by atoms with Gasteiger partial charge in [0.1, 0.15) is 0 Å². The van der Waals surface area contributed by atoms with Crippen molar-refractivity contribution in [3.63, 3.8) is 0 Å². The maximum absolute atomic E-state index is 14.2. The Morgan fingerprint density at radius 1 is 0.710 bits per heavy atom. The highest BCUT2D eigenvalue weighted by atomic mass is 19.4. The van der Waals surface area contributed by atoms with E-state index in [2.05, 4.69) is 0 Å². The molecule has 0 spiro atoms. The summed E-state index contributed by atoms with van der Waals surface area (Å²) in [6.45, 7) is 0. The van der Waals surface area contributed by atoms with Gasteiger partial charge < -0.3 is 5.11 Å². The van der Waals surface area contributed by atoms with Crippen LogP contribution in [0.1, 0.15) is 30.4 Å². The predicted molar refractivity (Wildman–Crippen MR) is 78.7 cm³/mol. The molecule has 0 bridgehead atoms. The molecule has 0 radical (unpaired) electrons. The molecule has 2 rings (SSSR count). The average Bonchev–Trinajstić information content (AvgIpc) is 2.60. The van der Waals surface area contributed by atoms with Crippen molar-refractivity contribution in [1.82, 2.24) is 0 Å². The van der Waals surface area contributed by atoms with E-state index in [0.29, 0.717) is 0 Å². The predicted octanol–water partition coefficient (Wildman–Crippen LogP) is 6.34. The monoisotopic (exact) mass is 480 g/mol. The third-order valence-electron chi connectivity index (χ3n) is 5.07. The number of aryl methyl sites for hydroxylation is 1. The van der Waals surface area contributed by atoms with Crippen LogP contribution < -0.4 is 0 Å². The highest BCUT2D eigenvalue weighted by molar-refractivity contribution is 5.35. The van der Waals surface area contributed by atoms with Crippen LogP contribution in [0.3, 0.4) is 0 Å². The van der Waals surface area contributed by atoms with E-state index in [1.165, 1.54) is 12.1 Å². The molecule has 0 amide bonds. The first-order valence-electron chi connectivity index (χ1n) is 8.42. The number of halogens is 13.